The molecule has 1 amide bonds. The molecule has 0 saturated heterocycles. The number of carbonyl (C=O) groups is 1. The molecule has 0 bridgehead atoms. The molecule has 0 aliphatic carbocycles. The number of ether oxygens (including phenoxy) is 3. The van der Waals surface area contributed by atoms with Gasteiger partial charge in [-0.2, -0.15) is 18.4 Å². The van der Waals surface area contributed by atoms with E-state index in [0.717, 1.165) is 0 Å². The Hall–Kier alpha value is -3.30. The van der Waals surface area contributed by atoms with E-state index in [2.05, 4.69) is 21.1 Å². The summed E-state index contributed by atoms with van der Waals surface area (Å²) in [6.45, 7) is 5.50. The van der Waals surface area contributed by atoms with Crippen molar-refractivity contribution >= 4 is 32.9 Å². The summed E-state index contributed by atoms with van der Waals surface area (Å²) in [7, 11) is -0.962. The molecule has 180 valence electrons. The van der Waals surface area contributed by atoms with E-state index in [0.29, 0.717) is 53.0 Å². The predicted octanol–water partition coefficient (Wildman–Crippen LogP) is 2.67. The van der Waals surface area contributed by atoms with Crippen molar-refractivity contribution in [3.63, 3.8) is 0 Å². The lowest BCUT2D eigenvalue weighted by atomic mass is 10.1. The van der Waals surface area contributed by atoms with Crippen LogP contribution < -0.4 is 24.2 Å². The Morgan fingerprint density at radius 1 is 1.12 bits per heavy atom. The lowest BCUT2D eigenvalue weighted by Crippen LogP contribution is -2.43. The van der Waals surface area contributed by atoms with Gasteiger partial charge < -0.3 is 19.5 Å². The van der Waals surface area contributed by atoms with E-state index in [1.807, 2.05) is 0 Å². The Morgan fingerprint density at radius 2 is 1.76 bits per heavy atom. The number of nitriles is 1. The predicted molar refractivity (Wildman–Crippen MR) is 124 cm³/mol. The van der Waals surface area contributed by atoms with Gasteiger partial charge in [-0.05, 0) is 39.7 Å². The van der Waals surface area contributed by atoms with Crippen molar-refractivity contribution < 1.29 is 27.4 Å². The van der Waals surface area contributed by atoms with Crippen molar-refractivity contribution in [3.05, 3.63) is 23.9 Å². The van der Waals surface area contributed by atoms with Crippen LogP contribution in [0.4, 0.5) is 10.5 Å². The third-order valence-corrected chi connectivity index (χ3v) is 5.33. The second-order valence-electron chi connectivity index (χ2n) is 8.02. The fraction of sp³-hybridized carbons (Fsp3) is 0.476. The second-order valence-corrected chi connectivity index (χ2v) is 9.52. The van der Waals surface area contributed by atoms with Gasteiger partial charge >= 0.3 is 16.3 Å². The zero-order valence-corrected chi connectivity index (χ0v) is 20.1. The van der Waals surface area contributed by atoms with Gasteiger partial charge in [-0.15, -0.1) is 0 Å². The summed E-state index contributed by atoms with van der Waals surface area (Å²) in [5.74, 6) is 1.04. The van der Waals surface area contributed by atoms with Crippen LogP contribution in [0.1, 0.15) is 39.2 Å². The number of carbonyl (C=O) groups excluding carboxylic acids is 1. The number of nitrogens with zero attached hydrogens (tertiary/aromatic N) is 2. The summed E-state index contributed by atoms with van der Waals surface area (Å²) in [6.07, 6.45) is 1.52. The molecule has 1 aromatic heterocycles. The number of nitrogens with one attached hydrogen (secondary N) is 3. The summed E-state index contributed by atoms with van der Waals surface area (Å²) in [5.41, 5.74) is 0.808. The standard InChI is InChI=1S/C21H29N5O6S/c1-21(2,3)32-20(27)26-33(28,29)25-9-7-6-8-23-19-14(12-22)13-24-16-11-18(31-5)17(30-4)10-15(16)19/h10-11,13,25H,6-9H2,1-5H3,(H,23,24)(H,26,27). The minimum atomic E-state index is -4.02. The Balaban J connectivity index is 1.95. The first kappa shape index (κ1) is 26.0. The van der Waals surface area contributed by atoms with Crippen molar-refractivity contribution in [3.8, 4) is 17.6 Å². The number of pyridine rings is 1. The van der Waals surface area contributed by atoms with Gasteiger partial charge in [0, 0.05) is 30.7 Å². The molecule has 3 N–H and O–H groups in total. The average Bonchev–Trinajstić information content (AvgIpc) is 2.72. The Labute approximate surface area is 193 Å². The quantitative estimate of drug-likeness (QED) is 0.437. The van der Waals surface area contributed by atoms with Crippen LogP contribution in [0.5, 0.6) is 11.5 Å². The number of methoxy groups -OCH3 is 2. The van der Waals surface area contributed by atoms with Gasteiger partial charge in [0.25, 0.3) is 0 Å². The number of aromatic nitrogens is 1. The third-order valence-electron chi connectivity index (χ3n) is 4.31. The maximum Gasteiger partial charge on any atom is 0.422 e. The molecule has 0 unspecified atom stereocenters. The van der Waals surface area contributed by atoms with Crippen LogP contribution in [-0.4, -0.2) is 52.4 Å². The minimum Gasteiger partial charge on any atom is -0.493 e. The second kappa shape index (κ2) is 11.0. The summed E-state index contributed by atoms with van der Waals surface area (Å²) < 4.78 is 43.5. The maximum absolute atomic E-state index is 11.9. The zero-order valence-electron chi connectivity index (χ0n) is 19.3. The van der Waals surface area contributed by atoms with E-state index in [4.69, 9.17) is 14.2 Å². The fourth-order valence-corrected chi connectivity index (χ4v) is 3.66. The Morgan fingerprint density at radius 3 is 2.36 bits per heavy atom. The van der Waals surface area contributed by atoms with Crippen LogP contribution in [-0.2, 0) is 14.9 Å². The number of benzene rings is 1. The average molecular weight is 480 g/mol. The van der Waals surface area contributed by atoms with Crippen molar-refractivity contribution in [2.75, 3.05) is 32.6 Å². The van der Waals surface area contributed by atoms with Gasteiger partial charge in [-0.25, -0.2) is 9.52 Å². The number of anilines is 1. The van der Waals surface area contributed by atoms with Crippen LogP contribution >= 0.6 is 0 Å². The van der Waals surface area contributed by atoms with Crippen LogP contribution in [0.15, 0.2) is 18.3 Å². The first-order chi connectivity index (χ1) is 15.5. The molecule has 2 rings (SSSR count). The first-order valence-electron chi connectivity index (χ1n) is 10.2. The zero-order chi connectivity index (χ0) is 24.6. The number of hydrogen-bond donors (Lipinski definition) is 3. The minimum absolute atomic E-state index is 0.118. The topological polar surface area (TPSA) is 152 Å². The molecule has 1 heterocycles. The van der Waals surface area contributed by atoms with E-state index in [1.165, 1.54) is 20.4 Å². The molecule has 0 aliphatic heterocycles. The van der Waals surface area contributed by atoms with Crippen LogP contribution in [0, 0.1) is 11.3 Å². The molecular weight excluding hydrogens is 450 g/mol. The summed E-state index contributed by atoms with van der Waals surface area (Å²) in [5, 5.41) is 13.4. The highest BCUT2D eigenvalue weighted by atomic mass is 32.2. The highest BCUT2D eigenvalue weighted by Gasteiger charge is 2.21. The van der Waals surface area contributed by atoms with Crippen molar-refractivity contribution in [1.82, 2.24) is 14.4 Å². The molecule has 0 radical (unpaired) electrons. The van der Waals surface area contributed by atoms with Gasteiger partial charge in [0.2, 0.25) is 0 Å². The van der Waals surface area contributed by atoms with Crippen molar-refractivity contribution in [2.24, 2.45) is 0 Å². The van der Waals surface area contributed by atoms with Gasteiger partial charge in [-0.3, -0.25) is 4.98 Å². The summed E-state index contributed by atoms with van der Waals surface area (Å²) in [6, 6.07) is 5.60. The van der Waals surface area contributed by atoms with E-state index in [9.17, 15) is 18.5 Å². The molecule has 0 aliphatic rings. The number of unbranched alkanes of at least 4 members (excludes halogenated alkanes) is 1. The third kappa shape index (κ3) is 7.65. The van der Waals surface area contributed by atoms with Gasteiger partial charge in [0.1, 0.15) is 11.7 Å². The number of rotatable bonds is 10. The van der Waals surface area contributed by atoms with E-state index < -0.39 is 21.9 Å². The molecule has 0 spiro atoms. The largest absolute Gasteiger partial charge is 0.493 e. The highest BCUT2D eigenvalue weighted by Crippen LogP contribution is 2.35. The molecule has 0 saturated carbocycles. The number of hydrogen-bond acceptors (Lipinski definition) is 9. The van der Waals surface area contributed by atoms with Crippen LogP contribution in [0.25, 0.3) is 10.9 Å². The van der Waals surface area contributed by atoms with E-state index in [1.54, 1.807) is 37.6 Å². The summed E-state index contributed by atoms with van der Waals surface area (Å²) in [4.78, 5) is 15.9. The van der Waals surface area contributed by atoms with E-state index in [-0.39, 0.29) is 6.54 Å². The van der Waals surface area contributed by atoms with Crippen molar-refractivity contribution in [1.29, 1.82) is 5.26 Å². The maximum atomic E-state index is 11.9. The molecule has 2 aromatic rings. The first-order valence-corrected chi connectivity index (χ1v) is 11.7. The SMILES string of the molecule is COc1cc2ncc(C#N)c(NCCCCNS(=O)(=O)NC(=O)OC(C)(C)C)c2cc1OC. The molecule has 0 atom stereocenters. The normalized spacial score (nSPS) is 11.5. The molecule has 0 fully saturated rings. The smallest absolute Gasteiger partial charge is 0.422 e. The lowest BCUT2D eigenvalue weighted by molar-refractivity contribution is 0.0569. The lowest BCUT2D eigenvalue weighted by Gasteiger charge is -2.19. The van der Waals surface area contributed by atoms with Crippen molar-refractivity contribution in [2.45, 2.75) is 39.2 Å². The summed E-state index contributed by atoms with van der Waals surface area (Å²) >= 11 is 0. The van der Waals surface area contributed by atoms with Crippen LogP contribution in [0.2, 0.25) is 0 Å². The van der Waals surface area contributed by atoms with Gasteiger partial charge in [0.05, 0.1) is 31.0 Å². The highest BCUT2D eigenvalue weighted by molar-refractivity contribution is 7.88. The Bertz CT molecular complexity index is 1140. The van der Waals surface area contributed by atoms with E-state index >= 15 is 0 Å². The van der Waals surface area contributed by atoms with Gasteiger partial charge in [0.15, 0.2) is 11.5 Å². The molecule has 1 aromatic carbocycles. The molecule has 12 heteroatoms. The molecule has 33 heavy (non-hydrogen) atoms. The van der Waals surface area contributed by atoms with Gasteiger partial charge in [-0.1, -0.05) is 0 Å². The monoisotopic (exact) mass is 479 g/mol. The number of fused-ring (bicyclic) bond motifs is 1. The van der Waals surface area contributed by atoms with Crippen LogP contribution in [0.3, 0.4) is 0 Å². The Kier molecular flexibility index (Phi) is 8.67. The number of amides is 1. The fourth-order valence-electron chi connectivity index (χ4n) is 2.91. The molecule has 11 nitrogen and oxygen atoms in total. The molecular formula is C21H29N5O6S.